The van der Waals surface area contributed by atoms with Gasteiger partial charge in [-0.2, -0.15) is 5.10 Å². The van der Waals surface area contributed by atoms with Crippen molar-refractivity contribution in [3.63, 3.8) is 0 Å². The molecule has 2 heterocycles. The highest BCUT2D eigenvalue weighted by molar-refractivity contribution is 6.30. The van der Waals surface area contributed by atoms with E-state index in [2.05, 4.69) is 10.4 Å². The number of nitrogens with one attached hydrogen (secondary N) is 1. The van der Waals surface area contributed by atoms with Crippen molar-refractivity contribution in [3.8, 4) is 5.88 Å². The van der Waals surface area contributed by atoms with Crippen LogP contribution in [-0.2, 0) is 17.9 Å². The number of hydrogen-bond acceptors (Lipinski definition) is 4. The molecule has 5 nitrogen and oxygen atoms in total. The topological polar surface area (TPSA) is 48.3 Å². The summed E-state index contributed by atoms with van der Waals surface area (Å²) in [6.07, 6.45) is 2.12. The maximum Gasteiger partial charge on any atom is 0.212 e. The number of benzene rings is 1. The highest BCUT2D eigenvalue weighted by Gasteiger charge is 2.21. The van der Waals surface area contributed by atoms with Gasteiger partial charge < -0.3 is 14.8 Å². The molecule has 1 saturated heterocycles. The van der Waals surface area contributed by atoms with Crippen molar-refractivity contribution in [2.24, 2.45) is 0 Å². The maximum atomic E-state index is 6.03. The normalized spacial score (nSPS) is 18.1. The Morgan fingerprint density at radius 1 is 1.43 bits per heavy atom. The molecule has 1 fully saturated rings. The minimum absolute atomic E-state index is 0.240. The smallest absolute Gasteiger partial charge is 0.212 e. The van der Waals surface area contributed by atoms with E-state index >= 15 is 0 Å². The molecule has 1 aromatic heterocycles. The lowest BCUT2D eigenvalue weighted by molar-refractivity contribution is 0.0505. The summed E-state index contributed by atoms with van der Waals surface area (Å²) in [5.74, 6) is 0.783. The van der Waals surface area contributed by atoms with Crippen LogP contribution in [0.3, 0.4) is 0 Å². The lowest BCUT2D eigenvalue weighted by Gasteiger charge is -2.24. The van der Waals surface area contributed by atoms with Gasteiger partial charge in [-0.1, -0.05) is 23.7 Å². The highest BCUT2D eigenvalue weighted by Crippen LogP contribution is 2.26. The van der Waals surface area contributed by atoms with Crippen LogP contribution in [0.4, 0.5) is 0 Å². The molecule has 2 aromatic rings. The predicted molar refractivity (Wildman–Crippen MR) is 89.9 cm³/mol. The molecular formula is C17H22ClN3O2. The number of halogens is 1. The van der Waals surface area contributed by atoms with Crippen LogP contribution in [0.1, 0.15) is 30.1 Å². The van der Waals surface area contributed by atoms with Gasteiger partial charge in [-0.3, -0.25) is 0 Å². The van der Waals surface area contributed by atoms with Crippen molar-refractivity contribution in [1.29, 1.82) is 0 Å². The first kappa shape index (κ1) is 16.3. The van der Waals surface area contributed by atoms with Gasteiger partial charge in [0.15, 0.2) is 0 Å². The van der Waals surface area contributed by atoms with Gasteiger partial charge >= 0.3 is 0 Å². The number of aromatic nitrogens is 2. The Morgan fingerprint density at radius 3 is 3.09 bits per heavy atom. The van der Waals surface area contributed by atoms with E-state index in [1.165, 1.54) is 0 Å². The molecule has 1 aliphatic rings. The molecule has 3 rings (SSSR count). The van der Waals surface area contributed by atoms with Crippen LogP contribution in [0.15, 0.2) is 30.3 Å². The molecule has 0 aliphatic carbocycles. The van der Waals surface area contributed by atoms with Crippen LogP contribution < -0.4 is 10.1 Å². The fraction of sp³-hybridized carbons (Fsp3) is 0.471. The van der Waals surface area contributed by atoms with Crippen molar-refractivity contribution in [3.05, 3.63) is 46.6 Å². The van der Waals surface area contributed by atoms with Gasteiger partial charge in [-0.15, -0.1) is 0 Å². The zero-order valence-electron chi connectivity index (χ0n) is 13.3. The van der Waals surface area contributed by atoms with Crippen LogP contribution in [0.2, 0.25) is 5.02 Å². The molecule has 23 heavy (non-hydrogen) atoms. The second kappa shape index (κ2) is 7.81. The first-order valence-corrected chi connectivity index (χ1v) is 8.32. The van der Waals surface area contributed by atoms with Crippen molar-refractivity contribution in [2.75, 3.05) is 20.3 Å². The molecule has 1 N–H and O–H groups in total. The van der Waals surface area contributed by atoms with E-state index in [1.807, 2.05) is 42.1 Å². The number of nitrogens with zero attached hydrogens (tertiary/aromatic N) is 2. The van der Waals surface area contributed by atoms with Crippen molar-refractivity contribution >= 4 is 11.6 Å². The number of ether oxygens (including phenoxy) is 2. The second-order valence-corrected chi connectivity index (χ2v) is 6.17. The minimum atomic E-state index is 0.240. The Morgan fingerprint density at radius 2 is 2.35 bits per heavy atom. The Hall–Kier alpha value is -1.56. The molecule has 0 spiro atoms. The number of rotatable bonds is 6. The fourth-order valence-electron chi connectivity index (χ4n) is 2.76. The zero-order valence-corrected chi connectivity index (χ0v) is 14.1. The summed E-state index contributed by atoms with van der Waals surface area (Å²) < 4.78 is 13.6. The Balaban J connectivity index is 1.75. The van der Waals surface area contributed by atoms with Gasteiger partial charge in [0.25, 0.3) is 0 Å². The maximum absolute atomic E-state index is 6.03. The Labute approximate surface area is 141 Å². The molecule has 0 amide bonds. The quantitative estimate of drug-likeness (QED) is 0.880. The molecule has 1 unspecified atom stereocenters. The first-order chi connectivity index (χ1) is 11.3. The molecular weight excluding hydrogens is 314 g/mol. The predicted octanol–water partition coefficient (Wildman–Crippen LogP) is 3.19. The molecule has 0 bridgehead atoms. The Bertz CT molecular complexity index is 639. The second-order valence-electron chi connectivity index (χ2n) is 5.74. The van der Waals surface area contributed by atoms with Crippen LogP contribution in [-0.4, -0.2) is 30.0 Å². The Kier molecular flexibility index (Phi) is 5.54. The standard InChI is InChI=1S/C17H22ClN3O2/c1-19-10-15-9-17(21(20-15)16-6-3-7-22-12-16)23-11-13-4-2-5-14(18)8-13/h2,4-5,8-9,16,19H,3,6-7,10-12H2,1H3. The van der Waals surface area contributed by atoms with Crippen molar-refractivity contribution in [1.82, 2.24) is 15.1 Å². The van der Waals surface area contributed by atoms with Crippen molar-refractivity contribution < 1.29 is 9.47 Å². The number of hydrogen-bond donors (Lipinski definition) is 1. The molecule has 124 valence electrons. The monoisotopic (exact) mass is 335 g/mol. The SMILES string of the molecule is CNCc1cc(OCc2cccc(Cl)c2)n(C2CCCOC2)n1. The van der Waals surface area contributed by atoms with Gasteiger partial charge in [-0.05, 0) is 37.6 Å². The van der Waals surface area contributed by atoms with Crippen LogP contribution >= 0.6 is 11.6 Å². The highest BCUT2D eigenvalue weighted by atomic mass is 35.5. The van der Waals surface area contributed by atoms with E-state index in [4.69, 9.17) is 21.1 Å². The van der Waals surface area contributed by atoms with Crippen LogP contribution in [0.25, 0.3) is 0 Å². The summed E-state index contributed by atoms with van der Waals surface area (Å²) in [4.78, 5) is 0. The summed E-state index contributed by atoms with van der Waals surface area (Å²) in [7, 11) is 1.91. The molecule has 6 heteroatoms. The van der Waals surface area contributed by atoms with Crippen LogP contribution in [0.5, 0.6) is 5.88 Å². The van der Waals surface area contributed by atoms with Gasteiger partial charge in [-0.25, -0.2) is 4.68 Å². The third-order valence-corrected chi connectivity index (χ3v) is 4.10. The molecule has 0 radical (unpaired) electrons. The van der Waals surface area contributed by atoms with E-state index < -0.39 is 0 Å². The molecule has 1 aliphatic heterocycles. The molecule has 1 aromatic carbocycles. The minimum Gasteiger partial charge on any atom is -0.473 e. The summed E-state index contributed by atoms with van der Waals surface area (Å²) in [5.41, 5.74) is 2.01. The molecule has 1 atom stereocenters. The van der Waals surface area contributed by atoms with Gasteiger partial charge in [0.1, 0.15) is 6.61 Å². The largest absolute Gasteiger partial charge is 0.473 e. The zero-order chi connectivity index (χ0) is 16.1. The van der Waals surface area contributed by atoms with E-state index in [0.29, 0.717) is 19.8 Å². The summed E-state index contributed by atoms with van der Waals surface area (Å²) in [6.45, 7) is 2.71. The lowest BCUT2D eigenvalue weighted by Crippen LogP contribution is -2.23. The van der Waals surface area contributed by atoms with Gasteiger partial charge in [0.05, 0.1) is 18.3 Å². The van der Waals surface area contributed by atoms with E-state index in [1.54, 1.807) is 0 Å². The molecule has 0 saturated carbocycles. The van der Waals surface area contributed by atoms with Gasteiger partial charge in [0.2, 0.25) is 5.88 Å². The average molecular weight is 336 g/mol. The van der Waals surface area contributed by atoms with Crippen molar-refractivity contribution in [2.45, 2.75) is 32.0 Å². The lowest BCUT2D eigenvalue weighted by atomic mass is 10.1. The third-order valence-electron chi connectivity index (χ3n) is 3.87. The van der Waals surface area contributed by atoms with Crippen LogP contribution in [0, 0.1) is 0 Å². The van der Waals surface area contributed by atoms with E-state index in [9.17, 15) is 0 Å². The summed E-state index contributed by atoms with van der Waals surface area (Å²) in [5, 5.41) is 8.52. The summed E-state index contributed by atoms with van der Waals surface area (Å²) in [6, 6.07) is 9.95. The van der Waals surface area contributed by atoms with Gasteiger partial charge in [0, 0.05) is 24.2 Å². The van der Waals surface area contributed by atoms with E-state index in [-0.39, 0.29) is 6.04 Å². The first-order valence-electron chi connectivity index (χ1n) is 7.94. The van der Waals surface area contributed by atoms with E-state index in [0.717, 1.165) is 41.6 Å². The summed E-state index contributed by atoms with van der Waals surface area (Å²) >= 11 is 6.03. The third kappa shape index (κ3) is 4.25. The average Bonchev–Trinajstić information content (AvgIpc) is 2.97. The fourth-order valence-corrected chi connectivity index (χ4v) is 2.98.